The molecule has 0 saturated carbocycles. The van der Waals surface area contributed by atoms with Crippen LogP contribution < -0.4 is 21.9 Å². The summed E-state index contributed by atoms with van der Waals surface area (Å²) in [7, 11) is 0. The molecule has 0 radical (unpaired) electrons. The number of rotatable bonds is 2. The number of hydrogen-bond acceptors (Lipinski definition) is 3. The summed E-state index contributed by atoms with van der Waals surface area (Å²) in [6.45, 7) is 1.80. The van der Waals surface area contributed by atoms with Crippen molar-refractivity contribution in [2.45, 2.75) is 13.0 Å². The van der Waals surface area contributed by atoms with E-state index in [1.54, 1.807) is 6.92 Å². The molecule has 1 aromatic rings. The summed E-state index contributed by atoms with van der Waals surface area (Å²) in [6.07, 6.45) is 0. The van der Waals surface area contributed by atoms with E-state index in [4.69, 9.17) is 18.1 Å². The summed E-state index contributed by atoms with van der Waals surface area (Å²) in [4.78, 5) is 11.9. The normalized spacial score (nSPS) is 19.0. The number of nitrogens with two attached hydrogens (primary N) is 1. The minimum atomic E-state index is -0.330. The van der Waals surface area contributed by atoms with Gasteiger partial charge in [-0.15, -0.1) is 0 Å². The van der Waals surface area contributed by atoms with Crippen LogP contribution in [0.2, 0.25) is 0 Å². The number of carbonyl (C=O) groups is 1. The predicted molar refractivity (Wildman–Crippen MR) is 73.1 cm³/mol. The van der Waals surface area contributed by atoms with Crippen molar-refractivity contribution in [1.82, 2.24) is 16.1 Å². The maximum atomic E-state index is 11.9. The molecule has 1 unspecified atom stereocenters. The number of benzene rings is 1. The first kappa shape index (κ1) is 12.5. The fraction of sp³-hybridized carbons (Fsp3) is 0.167. The highest BCUT2D eigenvalue weighted by atomic mass is 32.1. The number of amides is 1. The van der Waals surface area contributed by atoms with Gasteiger partial charge in [-0.3, -0.25) is 10.2 Å². The molecule has 1 aliphatic heterocycles. The van der Waals surface area contributed by atoms with Crippen LogP contribution in [0.4, 0.5) is 0 Å². The van der Waals surface area contributed by atoms with Gasteiger partial charge in [0.2, 0.25) is 0 Å². The first-order valence-corrected chi connectivity index (χ1v) is 5.88. The molecule has 0 bridgehead atoms. The molecular weight excluding hydrogens is 248 g/mol. The molecule has 1 heterocycles. The lowest BCUT2D eigenvalue weighted by molar-refractivity contribution is -0.118. The third-order valence-electron chi connectivity index (χ3n) is 2.78. The molecule has 0 aliphatic carbocycles. The van der Waals surface area contributed by atoms with Crippen LogP contribution in [0.5, 0.6) is 0 Å². The van der Waals surface area contributed by atoms with Gasteiger partial charge < -0.3 is 10.6 Å². The van der Waals surface area contributed by atoms with E-state index in [1.807, 2.05) is 30.3 Å². The van der Waals surface area contributed by atoms with Gasteiger partial charge in [-0.2, -0.15) is 0 Å². The van der Waals surface area contributed by atoms with Gasteiger partial charge in [0.15, 0.2) is 5.11 Å². The molecule has 6 heteroatoms. The number of hydrazine groups is 1. The molecule has 18 heavy (non-hydrogen) atoms. The van der Waals surface area contributed by atoms with Gasteiger partial charge in [-0.1, -0.05) is 30.3 Å². The van der Waals surface area contributed by atoms with Crippen LogP contribution in [-0.4, -0.2) is 11.0 Å². The first-order chi connectivity index (χ1) is 8.63. The Labute approximate surface area is 110 Å². The van der Waals surface area contributed by atoms with Crippen molar-refractivity contribution in [2.75, 3.05) is 0 Å². The van der Waals surface area contributed by atoms with Crippen LogP contribution in [0.1, 0.15) is 18.5 Å². The van der Waals surface area contributed by atoms with Gasteiger partial charge >= 0.3 is 0 Å². The summed E-state index contributed by atoms with van der Waals surface area (Å²) in [5, 5.41) is 6.50. The minimum absolute atomic E-state index is 0.288. The van der Waals surface area contributed by atoms with Crippen molar-refractivity contribution in [3.05, 3.63) is 47.2 Å². The van der Waals surface area contributed by atoms with Gasteiger partial charge in [-0.05, 0) is 24.7 Å². The molecule has 1 atom stereocenters. The summed E-state index contributed by atoms with van der Waals surface area (Å²) in [5.74, 6) is 4.89. The fourth-order valence-electron chi connectivity index (χ4n) is 1.97. The molecule has 1 aliphatic rings. The van der Waals surface area contributed by atoms with Gasteiger partial charge in [0.05, 0.1) is 11.6 Å². The standard InChI is InChI=1S/C12H14N4OS/c1-7-9(11(17)16-13)10(15-12(18)14-7)8-5-3-2-4-6-8/h2-6,10H,13H2,1H3,(H,16,17)(H2,14,15,18). The second-order valence-electron chi connectivity index (χ2n) is 3.95. The Kier molecular flexibility index (Phi) is 3.59. The highest BCUT2D eigenvalue weighted by Crippen LogP contribution is 2.26. The second kappa shape index (κ2) is 5.16. The molecule has 0 spiro atoms. The Morgan fingerprint density at radius 1 is 1.39 bits per heavy atom. The number of thiocarbonyl (C=S) groups is 1. The lowest BCUT2D eigenvalue weighted by atomic mass is 9.95. The number of nitrogens with one attached hydrogen (secondary N) is 3. The van der Waals surface area contributed by atoms with E-state index in [2.05, 4.69) is 16.1 Å². The van der Waals surface area contributed by atoms with Crippen molar-refractivity contribution < 1.29 is 4.79 Å². The van der Waals surface area contributed by atoms with E-state index in [1.165, 1.54) is 0 Å². The zero-order valence-electron chi connectivity index (χ0n) is 9.86. The first-order valence-electron chi connectivity index (χ1n) is 5.47. The predicted octanol–water partition coefficient (Wildman–Crippen LogP) is 0.469. The van der Waals surface area contributed by atoms with E-state index in [0.29, 0.717) is 16.4 Å². The van der Waals surface area contributed by atoms with Crippen molar-refractivity contribution in [3.8, 4) is 0 Å². The van der Waals surface area contributed by atoms with E-state index >= 15 is 0 Å². The van der Waals surface area contributed by atoms with Crippen molar-refractivity contribution in [2.24, 2.45) is 5.84 Å². The summed E-state index contributed by atoms with van der Waals surface area (Å²) in [5.41, 5.74) is 4.36. The second-order valence-corrected chi connectivity index (χ2v) is 4.36. The highest BCUT2D eigenvalue weighted by molar-refractivity contribution is 7.80. The topological polar surface area (TPSA) is 79.2 Å². The van der Waals surface area contributed by atoms with Crippen LogP contribution >= 0.6 is 12.2 Å². The smallest absolute Gasteiger partial charge is 0.265 e. The monoisotopic (exact) mass is 262 g/mol. The van der Waals surface area contributed by atoms with Crippen LogP contribution in [0.3, 0.4) is 0 Å². The average Bonchev–Trinajstić information content (AvgIpc) is 2.38. The maximum Gasteiger partial charge on any atom is 0.265 e. The molecule has 2 rings (SSSR count). The largest absolute Gasteiger partial charge is 0.351 e. The average molecular weight is 262 g/mol. The van der Waals surface area contributed by atoms with Gasteiger partial charge in [0.25, 0.3) is 5.91 Å². The van der Waals surface area contributed by atoms with Crippen molar-refractivity contribution in [3.63, 3.8) is 0 Å². The molecule has 0 fully saturated rings. The van der Waals surface area contributed by atoms with Gasteiger partial charge in [-0.25, -0.2) is 5.84 Å². The molecule has 5 nitrogen and oxygen atoms in total. The Bertz CT molecular complexity index is 512. The highest BCUT2D eigenvalue weighted by Gasteiger charge is 2.29. The summed E-state index contributed by atoms with van der Waals surface area (Å²) < 4.78 is 0. The minimum Gasteiger partial charge on any atom is -0.351 e. The quantitative estimate of drug-likeness (QED) is 0.270. The molecule has 0 aromatic heterocycles. The van der Waals surface area contributed by atoms with Crippen molar-refractivity contribution in [1.29, 1.82) is 0 Å². The zero-order valence-corrected chi connectivity index (χ0v) is 10.7. The summed E-state index contributed by atoms with van der Waals surface area (Å²) in [6, 6.07) is 9.32. The number of carbonyl (C=O) groups excluding carboxylic acids is 1. The van der Waals surface area contributed by atoms with Crippen LogP contribution in [0.15, 0.2) is 41.6 Å². The summed E-state index contributed by atoms with van der Waals surface area (Å²) >= 11 is 5.12. The lowest BCUT2D eigenvalue weighted by Gasteiger charge is -2.29. The van der Waals surface area contributed by atoms with Crippen LogP contribution in [0, 0.1) is 0 Å². The van der Waals surface area contributed by atoms with Crippen LogP contribution in [0.25, 0.3) is 0 Å². The Morgan fingerprint density at radius 2 is 2.06 bits per heavy atom. The van der Waals surface area contributed by atoms with E-state index < -0.39 is 0 Å². The Hall–Kier alpha value is -1.92. The molecule has 1 aromatic carbocycles. The number of allylic oxidation sites excluding steroid dienone is 1. The molecule has 94 valence electrons. The third kappa shape index (κ3) is 2.34. The molecule has 0 saturated heterocycles. The lowest BCUT2D eigenvalue weighted by Crippen LogP contribution is -2.47. The van der Waals surface area contributed by atoms with E-state index in [-0.39, 0.29) is 11.9 Å². The molecular formula is C12H14N4OS. The SMILES string of the molecule is CC1=C(C(=O)NN)C(c2ccccc2)NC(=S)N1. The van der Waals surface area contributed by atoms with Crippen LogP contribution in [-0.2, 0) is 4.79 Å². The zero-order chi connectivity index (χ0) is 13.1. The Morgan fingerprint density at radius 3 is 2.67 bits per heavy atom. The molecule has 1 amide bonds. The van der Waals surface area contributed by atoms with E-state index in [0.717, 1.165) is 5.56 Å². The third-order valence-corrected chi connectivity index (χ3v) is 3.00. The van der Waals surface area contributed by atoms with Gasteiger partial charge in [0, 0.05) is 5.70 Å². The fourth-order valence-corrected chi connectivity index (χ4v) is 2.24. The van der Waals surface area contributed by atoms with Crippen molar-refractivity contribution >= 4 is 23.2 Å². The maximum absolute atomic E-state index is 11.9. The number of hydrogen-bond donors (Lipinski definition) is 4. The van der Waals surface area contributed by atoms with E-state index in [9.17, 15) is 4.79 Å². The van der Waals surface area contributed by atoms with Gasteiger partial charge in [0.1, 0.15) is 0 Å². The Balaban J connectivity index is 2.46. The molecule has 5 N–H and O–H groups in total.